The summed E-state index contributed by atoms with van der Waals surface area (Å²) in [5.74, 6) is -1.36. The topological polar surface area (TPSA) is 66.8 Å². The van der Waals surface area contributed by atoms with Crippen molar-refractivity contribution < 1.29 is 23.8 Å². The van der Waals surface area contributed by atoms with Crippen molar-refractivity contribution in [1.29, 1.82) is 0 Å². The maximum absolute atomic E-state index is 13.4. The third-order valence-corrected chi connectivity index (χ3v) is 4.68. The van der Waals surface area contributed by atoms with Crippen LogP contribution in [0.4, 0.5) is 4.39 Å². The summed E-state index contributed by atoms with van der Waals surface area (Å²) in [7, 11) is 2.97. The first kappa shape index (κ1) is 17.2. The number of likely N-dealkylation sites (N-methyl/N-ethyl adjacent to an activating group) is 1. The highest BCUT2D eigenvalue weighted by molar-refractivity contribution is 5.88. The van der Waals surface area contributed by atoms with Crippen LogP contribution in [0, 0.1) is 5.82 Å². The van der Waals surface area contributed by atoms with Crippen molar-refractivity contribution in [2.24, 2.45) is 0 Å². The Morgan fingerprint density at radius 1 is 1.30 bits per heavy atom. The monoisotopic (exact) mass is 323 g/mol. The molecule has 0 aliphatic heterocycles. The Bertz CT molecular complexity index is 596. The van der Waals surface area contributed by atoms with Crippen LogP contribution in [0.3, 0.4) is 0 Å². The third-order valence-electron chi connectivity index (χ3n) is 4.68. The number of ether oxygens (including phenoxy) is 1. The molecule has 1 aromatic carbocycles. The van der Waals surface area contributed by atoms with Crippen LogP contribution in [0.5, 0.6) is 5.75 Å². The standard InChI is InChI=1S/C17H22FNO4/c1-19(17(16(21)22)8-4-3-5-9-17)15(20)11-12-10-13(18)6-7-14(12)23-2/h6-7,10H,3-5,8-9,11H2,1-2H3,(H,21,22). The highest BCUT2D eigenvalue weighted by Gasteiger charge is 2.45. The van der Waals surface area contributed by atoms with E-state index in [2.05, 4.69) is 0 Å². The molecule has 0 atom stereocenters. The SMILES string of the molecule is COc1ccc(F)cc1CC(=O)N(C)C1(C(=O)O)CCCCC1. The molecule has 1 amide bonds. The summed E-state index contributed by atoms with van der Waals surface area (Å²) in [5, 5.41) is 9.64. The summed E-state index contributed by atoms with van der Waals surface area (Å²) in [6.07, 6.45) is 3.36. The molecule has 0 spiro atoms. The van der Waals surface area contributed by atoms with Gasteiger partial charge in [-0.15, -0.1) is 0 Å². The lowest BCUT2D eigenvalue weighted by atomic mass is 9.80. The molecule has 1 fully saturated rings. The van der Waals surface area contributed by atoms with Crippen LogP contribution in [-0.4, -0.2) is 41.6 Å². The van der Waals surface area contributed by atoms with E-state index in [0.717, 1.165) is 19.3 Å². The first-order valence-corrected chi connectivity index (χ1v) is 7.73. The molecular formula is C17H22FNO4. The van der Waals surface area contributed by atoms with Gasteiger partial charge in [-0.2, -0.15) is 0 Å². The van der Waals surface area contributed by atoms with Crippen molar-refractivity contribution in [3.05, 3.63) is 29.6 Å². The minimum absolute atomic E-state index is 0.0908. The average Bonchev–Trinajstić information content (AvgIpc) is 2.54. The number of benzene rings is 1. The van der Waals surface area contributed by atoms with Crippen LogP contribution in [0.1, 0.15) is 37.7 Å². The molecule has 0 heterocycles. The number of aliphatic carboxylic acids is 1. The fourth-order valence-electron chi connectivity index (χ4n) is 3.23. The number of rotatable bonds is 5. The molecule has 1 aliphatic rings. The van der Waals surface area contributed by atoms with Gasteiger partial charge in [0, 0.05) is 12.6 Å². The van der Waals surface area contributed by atoms with Crippen molar-refractivity contribution in [2.75, 3.05) is 14.2 Å². The van der Waals surface area contributed by atoms with Gasteiger partial charge in [-0.3, -0.25) is 4.79 Å². The highest BCUT2D eigenvalue weighted by Crippen LogP contribution is 2.34. The van der Waals surface area contributed by atoms with Gasteiger partial charge < -0.3 is 14.7 Å². The van der Waals surface area contributed by atoms with Crippen molar-refractivity contribution in [2.45, 2.75) is 44.1 Å². The van der Waals surface area contributed by atoms with Crippen LogP contribution in [0.2, 0.25) is 0 Å². The van der Waals surface area contributed by atoms with Gasteiger partial charge in [0.15, 0.2) is 0 Å². The van der Waals surface area contributed by atoms with Crippen LogP contribution >= 0.6 is 0 Å². The molecule has 2 rings (SSSR count). The van der Waals surface area contributed by atoms with E-state index < -0.39 is 17.3 Å². The van der Waals surface area contributed by atoms with Crippen LogP contribution in [-0.2, 0) is 16.0 Å². The fourth-order valence-corrected chi connectivity index (χ4v) is 3.23. The largest absolute Gasteiger partial charge is 0.496 e. The number of nitrogens with zero attached hydrogens (tertiary/aromatic N) is 1. The summed E-state index contributed by atoms with van der Waals surface area (Å²) < 4.78 is 18.6. The maximum Gasteiger partial charge on any atom is 0.329 e. The van der Waals surface area contributed by atoms with E-state index in [-0.39, 0.29) is 12.3 Å². The summed E-state index contributed by atoms with van der Waals surface area (Å²) in [6.45, 7) is 0. The first-order valence-electron chi connectivity index (χ1n) is 7.73. The number of carbonyl (C=O) groups is 2. The van der Waals surface area contributed by atoms with E-state index >= 15 is 0 Å². The Balaban J connectivity index is 2.22. The van der Waals surface area contributed by atoms with Crippen molar-refractivity contribution >= 4 is 11.9 Å². The molecule has 1 N–H and O–H groups in total. The molecule has 0 saturated heterocycles. The maximum atomic E-state index is 13.4. The zero-order chi connectivity index (χ0) is 17.0. The van der Waals surface area contributed by atoms with E-state index in [4.69, 9.17) is 4.74 Å². The number of amides is 1. The van der Waals surface area contributed by atoms with Gasteiger partial charge in [0.2, 0.25) is 5.91 Å². The molecule has 0 bridgehead atoms. The normalized spacial score (nSPS) is 16.7. The predicted molar refractivity (Wildman–Crippen MR) is 82.9 cm³/mol. The molecule has 0 radical (unpaired) electrons. The molecular weight excluding hydrogens is 301 g/mol. The lowest BCUT2D eigenvalue weighted by Gasteiger charge is -2.41. The minimum Gasteiger partial charge on any atom is -0.496 e. The first-order chi connectivity index (χ1) is 10.9. The Hall–Kier alpha value is -2.11. The summed E-state index contributed by atoms with van der Waals surface area (Å²) in [5.41, 5.74) is -0.740. The second kappa shape index (κ2) is 6.98. The average molecular weight is 323 g/mol. The van der Waals surface area contributed by atoms with Crippen molar-refractivity contribution in [3.63, 3.8) is 0 Å². The van der Waals surface area contributed by atoms with Crippen LogP contribution in [0.15, 0.2) is 18.2 Å². The fraction of sp³-hybridized carbons (Fsp3) is 0.529. The molecule has 126 valence electrons. The second-order valence-corrected chi connectivity index (χ2v) is 5.98. The zero-order valence-electron chi connectivity index (χ0n) is 13.5. The Labute approximate surface area is 135 Å². The number of carbonyl (C=O) groups excluding carboxylic acids is 1. The molecule has 1 aliphatic carbocycles. The highest BCUT2D eigenvalue weighted by atomic mass is 19.1. The number of halogens is 1. The number of methoxy groups -OCH3 is 1. The van der Waals surface area contributed by atoms with Crippen molar-refractivity contribution in [1.82, 2.24) is 4.90 Å². The molecule has 0 aromatic heterocycles. The number of carboxylic acids is 1. The lowest BCUT2D eigenvalue weighted by molar-refractivity contribution is -0.160. The molecule has 6 heteroatoms. The smallest absolute Gasteiger partial charge is 0.329 e. The van der Waals surface area contributed by atoms with Crippen molar-refractivity contribution in [3.8, 4) is 5.75 Å². The quantitative estimate of drug-likeness (QED) is 0.904. The predicted octanol–water partition coefficient (Wildman–Crippen LogP) is 2.62. The van der Waals surface area contributed by atoms with Crippen LogP contribution in [0.25, 0.3) is 0 Å². The zero-order valence-corrected chi connectivity index (χ0v) is 13.5. The molecule has 1 saturated carbocycles. The van der Waals surface area contributed by atoms with E-state index in [9.17, 15) is 19.1 Å². The third kappa shape index (κ3) is 3.46. The van der Waals surface area contributed by atoms with Crippen LogP contribution < -0.4 is 4.74 Å². The number of hydrogen-bond acceptors (Lipinski definition) is 3. The van der Waals surface area contributed by atoms with Gasteiger partial charge in [0.05, 0.1) is 13.5 Å². The minimum atomic E-state index is -1.16. The Kier molecular flexibility index (Phi) is 5.23. The van der Waals surface area contributed by atoms with Gasteiger partial charge in [0.25, 0.3) is 0 Å². The van der Waals surface area contributed by atoms with Gasteiger partial charge in [-0.05, 0) is 31.0 Å². The van der Waals surface area contributed by atoms with E-state index in [1.54, 1.807) is 0 Å². The number of hydrogen-bond donors (Lipinski definition) is 1. The molecule has 23 heavy (non-hydrogen) atoms. The summed E-state index contributed by atoms with van der Waals surface area (Å²) in [6, 6.07) is 3.97. The van der Waals surface area contributed by atoms with Gasteiger partial charge in [0.1, 0.15) is 17.1 Å². The van der Waals surface area contributed by atoms with Gasteiger partial charge in [-0.25, -0.2) is 9.18 Å². The van der Waals surface area contributed by atoms with Gasteiger partial charge >= 0.3 is 5.97 Å². The summed E-state index contributed by atoms with van der Waals surface area (Å²) >= 11 is 0. The van der Waals surface area contributed by atoms with E-state index in [1.807, 2.05) is 0 Å². The Morgan fingerprint density at radius 3 is 2.52 bits per heavy atom. The Morgan fingerprint density at radius 2 is 1.96 bits per heavy atom. The second-order valence-electron chi connectivity index (χ2n) is 5.98. The van der Waals surface area contributed by atoms with Gasteiger partial charge in [-0.1, -0.05) is 19.3 Å². The molecule has 5 nitrogen and oxygen atoms in total. The number of carboxylic acid groups (broad SMARTS) is 1. The molecule has 0 unspecified atom stereocenters. The van der Waals surface area contributed by atoms with E-state index in [0.29, 0.717) is 24.2 Å². The lowest BCUT2D eigenvalue weighted by Crippen LogP contribution is -2.56. The van der Waals surface area contributed by atoms with E-state index in [1.165, 1.54) is 37.3 Å². The summed E-state index contributed by atoms with van der Waals surface area (Å²) in [4.78, 5) is 25.7. The molecule has 1 aromatic rings.